The Kier molecular flexibility index (Phi) is 4.18. The third kappa shape index (κ3) is 4.19. The first-order chi connectivity index (χ1) is 8.51. The first-order valence-electron chi connectivity index (χ1n) is 6.44. The molecule has 0 saturated heterocycles. The second-order valence-corrected chi connectivity index (χ2v) is 6.83. The number of carbonyl (C=O) groups is 1. The van der Waals surface area contributed by atoms with E-state index in [1.54, 1.807) is 12.3 Å². The van der Waals surface area contributed by atoms with Gasteiger partial charge in [-0.25, -0.2) is 0 Å². The van der Waals surface area contributed by atoms with Crippen molar-refractivity contribution in [1.29, 1.82) is 0 Å². The third-order valence-corrected chi connectivity index (χ3v) is 2.92. The molecule has 0 aromatic carbocycles. The van der Waals surface area contributed by atoms with Crippen molar-refractivity contribution >= 4 is 5.78 Å². The smallest absolute Gasteiger partial charge is 0.207 e. The molecule has 0 amide bonds. The Labute approximate surface area is 115 Å². The molecule has 1 aromatic rings. The van der Waals surface area contributed by atoms with Crippen LogP contribution in [0.5, 0.6) is 0 Å². The summed E-state index contributed by atoms with van der Waals surface area (Å²) in [5.41, 5.74) is 1.01. The number of carbonyl (C=O) groups excluding carboxylic acids is 1. The summed E-state index contributed by atoms with van der Waals surface area (Å²) >= 11 is 0. The van der Waals surface area contributed by atoms with E-state index in [0.717, 1.165) is 5.56 Å². The summed E-state index contributed by atoms with van der Waals surface area (Å²) in [4.78, 5) is 16.1. The van der Waals surface area contributed by atoms with Gasteiger partial charge in [0.25, 0.3) is 0 Å². The molecule has 0 aliphatic carbocycles. The molecule has 1 heterocycles. The molecular weight excluding hydrogens is 238 g/mol. The number of hydrogen-bond acceptors (Lipinski definition) is 3. The minimum atomic E-state index is -0.430. The molecule has 0 aliphatic heterocycles. The highest BCUT2D eigenvalue weighted by atomic mass is 16.3. The van der Waals surface area contributed by atoms with Gasteiger partial charge in [0.05, 0.1) is 0 Å². The average Bonchev–Trinajstić information content (AvgIpc) is 2.26. The number of ketones is 1. The van der Waals surface area contributed by atoms with Crippen molar-refractivity contribution < 1.29 is 9.90 Å². The number of aromatic nitrogens is 1. The molecule has 1 aromatic heterocycles. The van der Waals surface area contributed by atoms with Gasteiger partial charge in [0.2, 0.25) is 5.78 Å². The van der Waals surface area contributed by atoms with Gasteiger partial charge < -0.3 is 5.11 Å². The van der Waals surface area contributed by atoms with Crippen molar-refractivity contribution in [2.75, 3.05) is 0 Å². The number of aliphatic hydroxyl groups excluding tert-OH is 1. The standard InChI is InChI=1S/C16H23NO2/c1-15(2,3)11-7-8-12(17-10-11)13(18)9-14(19)16(4,5)6/h7-10,19H,1-6H3/b14-9-. The van der Waals surface area contributed by atoms with Gasteiger partial charge in [-0.2, -0.15) is 0 Å². The van der Waals surface area contributed by atoms with Crippen LogP contribution < -0.4 is 0 Å². The Morgan fingerprint density at radius 1 is 1.16 bits per heavy atom. The van der Waals surface area contributed by atoms with Crippen LogP contribution in [0.2, 0.25) is 0 Å². The zero-order valence-electron chi connectivity index (χ0n) is 12.6. The zero-order chi connectivity index (χ0) is 14.8. The van der Waals surface area contributed by atoms with E-state index in [0.29, 0.717) is 5.69 Å². The van der Waals surface area contributed by atoms with Crippen LogP contribution in [0.4, 0.5) is 0 Å². The summed E-state index contributed by atoms with van der Waals surface area (Å²) in [5.74, 6) is -0.202. The molecule has 0 atom stereocenters. The number of pyridine rings is 1. The van der Waals surface area contributed by atoms with Gasteiger partial charge in [-0.15, -0.1) is 0 Å². The average molecular weight is 261 g/mol. The zero-order valence-corrected chi connectivity index (χ0v) is 12.6. The molecule has 1 N–H and O–H groups in total. The maximum absolute atomic E-state index is 12.0. The van der Waals surface area contributed by atoms with E-state index < -0.39 is 5.41 Å². The Morgan fingerprint density at radius 2 is 1.74 bits per heavy atom. The van der Waals surface area contributed by atoms with Crippen LogP contribution in [0.3, 0.4) is 0 Å². The largest absolute Gasteiger partial charge is 0.512 e. The minimum absolute atomic E-state index is 0.0119. The first-order valence-corrected chi connectivity index (χ1v) is 6.44. The highest BCUT2D eigenvalue weighted by molar-refractivity contribution is 6.03. The van der Waals surface area contributed by atoms with Crippen LogP contribution in [0.1, 0.15) is 57.6 Å². The topological polar surface area (TPSA) is 50.2 Å². The van der Waals surface area contributed by atoms with Gasteiger partial charge in [-0.1, -0.05) is 47.6 Å². The van der Waals surface area contributed by atoms with E-state index in [-0.39, 0.29) is 17.0 Å². The Hall–Kier alpha value is -1.64. The van der Waals surface area contributed by atoms with Crippen LogP contribution in [0.15, 0.2) is 30.2 Å². The van der Waals surface area contributed by atoms with Crippen molar-refractivity contribution in [3.63, 3.8) is 0 Å². The fraction of sp³-hybridized carbons (Fsp3) is 0.500. The molecular formula is C16H23NO2. The quantitative estimate of drug-likeness (QED) is 0.496. The summed E-state index contributed by atoms with van der Waals surface area (Å²) in [6, 6.07) is 3.61. The first kappa shape index (κ1) is 15.4. The van der Waals surface area contributed by atoms with Gasteiger partial charge in [0.15, 0.2) is 0 Å². The number of allylic oxidation sites excluding steroid dienone is 2. The van der Waals surface area contributed by atoms with Crippen molar-refractivity contribution in [2.45, 2.75) is 47.0 Å². The molecule has 0 fully saturated rings. The maximum atomic E-state index is 12.0. The lowest BCUT2D eigenvalue weighted by Gasteiger charge is -2.18. The van der Waals surface area contributed by atoms with Gasteiger partial charge >= 0.3 is 0 Å². The van der Waals surface area contributed by atoms with Gasteiger partial charge in [0.1, 0.15) is 11.5 Å². The summed E-state index contributed by atoms with van der Waals surface area (Å²) in [7, 11) is 0. The van der Waals surface area contributed by atoms with Crippen molar-refractivity contribution in [3.8, 4) is 0 Å². The lowest BCUT2D eigenvalue weighted by Crippen LogP contribution is -2.13. The lowest BCUT2D eigenvalue weighted by molar-refractivity contribution is 0.103. The predicted octanol–water partition coefficient (Wildman–Crippen LogP) is 4.05. The van der Waals surface area contributed by atoms with Gasteiger partial charge in [-0.05, 0) is 17.0 Å². The number of nitrogens with zero attached hydrogens (tertiary/aromatic N) is 1. The van der Waals surface area contributed by atoms with E-state index in [1.165, 1.54) is 6.08 Å². The van der Waals surface area contributed by atoms with Crippen LogP contribution in [0, 0.1) is 5.41 Å². The monoisotopic (exact) mass is 261 g/mol. The summed E-state index contributed by atoms with van der Waals surface area (Å²) in [6.45, 7) is 11.8. The van der Waals surface area contributed by atoms with E-state index in [1.807, 2.05) is 26.8 Å². The van der Waals surface area contributed by atoms with Crippen molar-refractivity contribution in [1.82, 2.24) is 4.98 Å². The van der Waals surface area contributed by atoms with E-state index in [4.69, 9.17) is 0 Å². The molecule has 19 heavy (non-hydrogen) atoms. The second kappa shape index (κ2) is 5.16. The van der Waals surface area contributed by atoms with Crippen molar-refractivity contribution in [2.24, 2.45) is 5.41 Å². The highest BCUT2D eigenvalue weighted by Crippen LogP contribution is 2.23. The lowest BCUT2D eigenvalue weighted by atomic mass is 9.88. The Balaban J connectivity index is 2.97. The molecule has 0 aliphatic rings. The normalized spacial score (nSPS) is 13.5. The minimum Gasteiger partial charge on any atom is -0.512 e. The molecule has 3 nitrogen and oxygen atoms in total. The highest BCUT2D eigenvalue weighted by Gasteiger charge is 2.19. The summed E-state index contributed by atoms with van der Waals surface area (Å²) in [6.07, 6.45) is 2.97. The number of hydrogen-bond donors (Lipinski definition) is 1. The molecule has 0 unspecified atom stereocenters. The molecule has 104 valence electrons. The predicted molar refractivity (Wildman–Crippen MR) is 77.4 cm³/mol. The SMILES string of the molecule is CC(C)(C)/C(O)=C/C(=O)c1ccc(C(C)(C)C)cn1. The molecule has 1 rings (SSSR count). The van der Waals surface area contributed by atoms with Crippen LogP contribution in [-0.2, 0) is 5.41 Å². The molecule has 0 radical (unpaired) electrons. The fourth-order valence-electron chi connectivity index (χ4n) is 1.40. The van der Waals surface area contributed by atoms with Crippen LogP contribution >= 0.6 is 0 Å². The Bertz CT molecular complexity index is 485. The number of rotatable bonds is 2. The third-order valence-electron chi connectivity index (χ3n) is 2.92. The fourth-order valence-corrected chi connectivity index (χ4v) is 1.40. The molecule has 0 bridgehead atoms. The molecule has 3 heteroatoms. The maximum Gasteiger partial charge on any atom is 0.207 e. The Morgan fingerprint density at radius 3 is 2.11 bits per heavy atom. The van der Waals surface area contributed by atoms with Gasteiger partial charge in [0, 0.05) is 17.7 Å². The van der Waals surface area contributed by atoms with E-state index in [9.17, 15) is 9.90 Å². The van der Waals surface area contributed by atoms with E-state index in [2.05, 4.69) is 25.8 Å². The number of aliphatic hydroxyl groups is 1. The van der Waals surface area contributed by atoms with Crippen LogP contribution in [-0.4, -0.2) is 15.9 Å². The van der Waals surface area contributed by atoms with Gasteiger partial charge in [-0.3, -0.25) is 9.78 Å². The van der Waals surface area contributed by atoms with E-state index >= 15 is 0 Å². The van der Waals surface area contributed by atoms with Crippen molar-refractivity contribution in [3.05, 3.63) is 41.4 Å². The molecule has 0 spiro atoms. The summed E-state index contributed by atoms with van der Waals surface area (Å²) in [5, 5.41) is 9.81. The molecule has 0 saturated carbocycles. The summed E-state index contributed by atoms with van der Waals surface area (Å²) < 4.78 is 0. The van der Waals surface area contributed by atoms with Crippen LogP contribution in [0.25, 0.3) is 0 Å². The second-order valence-electron chi connectivity index (χ2n) is 6.83.